The van der Waals surface area contributed by atoms with Gasteiger partial charge >= 0.3 is 0 Å². The molecule has 7 heteroatoms. The van der Waals surface area contributed by atoms with Gasteiger partial charge in [-0.3, -0.25) is 0 Å². The first-order valence-electron chi connectivity index (χ1n) is 3.15. The van der Waals surface area contributed by atoms with Gasteiger partial charge in [-0.2, -0.15) is 20.4 Å². The highest BCUT2D eigenvalue weighted by Gasteiger charge is 2.09. The second-order valence-corrected chi connectivity index (χ2v) is 2.57. The highest BCUT2D eigenvalue weighted by atomic mass is 79.9. The van der Waals surface area contributed by atoms with Crippen LogP contribution in [0.4, 0.5) is 0 Å². The third kappa shape index (κ3) is 1.22. The number of alkyl halides is 1. The Hall–Kier alpha value is -1.24. The molecular formula is C5H4BrN5O. The molecule has 0 fully saturated rings. The molecule has 0 aliphatic heterocycles. The van der Waals surface area contributed by atoms with Crippen molar-refractivity contribution in [2.75, 3.05) is 0 Å². The second kappa shape index (κ2) is 3.02. The van der Waals surface area contributed by atoms with Crippen LogP contribution in [0.3, 0.4) is 0 Å². The number of H-pyrrole nitrogens is 1. The van der Waals surface area contributed by atoms with Gasteiger partial charge in [0.1, 0.15) is 0 Å². The zero-order valence-corrected chi connectivity index (χ0v) is 7.45. The summed E-state index contributed by atoms with van der Waals surface area (Å²) < 4.78 is 4.89. The van der Waals surface area contributed by atoms with Gasteiger partial charge in [-0.05, 0) is 0 Å². The van der Waals surface area contributed by atoms with E-state index in [0.29, 0.717) is 22.7 Å². The quantitative estimate of drug-likeness (QED) is 0.770. The van der Waals surface area contributed by atoms with Gasteiger partial charge in [0, 0.05) is 0 Å². The second-order valence-electron chi connectivity index (χ2n) is 2.00. The van der Waals surface area contributed by atoms with E-state index >= 15 is 0 Å². The lowest BCUT2D eigenvalue weighted by molar-refractivity contribution is 0.424. The minimum absolute atomic E-state index is 0.373. The van der Waals surface area contributed by atoms with Crippen LogP contribution >= 0.6 is 15.9 Å². The smallest absolute Gasteiger partial charge is 0.280 e. The molecule has 2 rings (SSSR count). The van der Waals surface area contributed by atoms with Gasteiger partial charge in [-0.25, -0.2) is 0 Å². The summed E-state index contributed by atoms with van der Waals surface area (Å²) in [5.41, 5.74) is 0.551. The van der Waals surface area contributed by atoms with Gasteiger partial charge in [0.05, 0.1) is 11.5 Å². The summed E-state index contributed by atoms with van der Waals surface area (Å²) >= 11 is 3.21. The van der Waals surface area contributed by atoms with Gasteiger partial charge in [-0.1, -0.05) is 21.1 Å². The number of nitrogens with zero attached hydrogens (tertiary/aromatic N) is 4. The van der Waals surface area contributed by atoms with Crippen molar-refractivity contribution in [1.82, 2.24) is 25.6 Å². The highest BCUT2D eigenvalue weighted by Crippen LogP contribution is 2.12. The zero-order valence-electron chi connectivity index (χ0n) is 5.86. The lowest BCUT2D eigenvalue weighted by Gasteiger charge is -1.78. The molecule has 0 saturated carbocycles. The summed E-state index contributed by atoms with van der Waals surface area (Å²) in [6.45, 7) is 0. The van der Waals surface area contributed by atoms with Crippen LogP contribution in [0.25, 0.3) is 11.6 Å². The van der Waals surface area contributed by atoms with Crippen molar-refractivity contribution in [2.45, 2.75) is 5.33 Å². The fourth-order valence-electron chi connectivity index (χ4n) is 0.717. The predicted octanol–water partition coefficient (Wildman–Crippen LogP) is 0.750. The molecule has 2 aromatic heterocycles. The van der Waals surface area contributed by atoms with E-state index in [-0.39, 0.29) is 0 Å². The Morgan fingerprint density at radius 2 is 2.50 bits per heavy atom. The standard InChI is InChI=1S/C5H4BrN5O/c6-1-4-8-5(12-10-4)3-2-7-11-9-3/h2H,1H2,(H,7,9,11). The van der Waals surface area contributed by atoms with E-state index in [0.717, 1.165) is 0 Å². The SMILES string of the molecule is BrCc1noc(-c2cn[nH]n2)n1. The van der Waals surface area contributed by atoms with Crippen molar-refractivity contribution in [3.8, 4) is 11.6 Å². The summed E-state index contributed by atoms with van der Waals surface area (Å²) in [7, 11) is 0. The molecule has 0 aliphatic carbocycles. The van der Waals surface area contributed by atoms with Crippen LogP contribution in [-0.2, 0) is 5.33 Å². The fourth-order valence-corrected chi connectivity index (χ4v) is 0.945. The average Bonchev–Trinajstić information content (AvgIpc) is 2.75. The molecule has 0 amide bonds. The van der Waals surface area contributed by atoms with Crippen LogP contribution < -0.4 is 0 Å². The molecule has 0 spiro atoms. The molecule has 6 nitrogen and oxygen atoms in total. The van der Waals surface area contributed by atoms with Crippen molar-refractivity contribution in [3.05, 3.63) is 12.0 Å². The first-order chi connectivity index (χ1) is 5.90. The minimum Gasteiger partial charge on any atom is -0.332 e. The Morgan fingerprint density at radius 1 is 1.58 bits per heavy atom. The molecule has 0 radical (unpaired) electrons. The van der Waals surface area contributed by atoms with Gasteiger partial charge in [0.15, 0.2) is 11.5 Å². The normalized spacial score (nSPS) is 10.4. The van der Waals surface area contributed by atoms with Crippen molar-refractivity contribution in [1.29, 1.82) is 0 Å². The number of halogens is 1. The minimum atomic E-state index is 0.373. The van der Waals surface area contributed by atoms with Crippen molar-refractivity contribution in [2.24, 2.45) is 0 Å². The van der Waals surface area contributed by atoms with E-state index < -0.39 is 0 Å². The molecule has 2 heterocycles. The molecular weight excluding hydrogens is 226 g/mol. The van der Waals surface area contributed by atoms with E-state index in [2.05, 4.69) is 41.5 Å². The third-order valence-electron chi connectivity index (χ3n) is 1.22. The summed E-state index contributed by atoms with van der Waals surface area (Å²) in [5, 5.41) is 14.1. The van der Waals surface area contributed by atoms with Crippen molar-refractivity contribution in [3.63, 3.8) is 0 Å². The maximum atomic E-state index is 4.89. The molecule has 0 aliphatic rings. The Kier molecular flexibility index (Phi) is 1.86. The molecule has 0 saturated heterocycles. The molecule has 0 atom stereocenters. The van der Waals surface area contributed by atoms with Gasteiger partial charge in [-0.15, -0.1) is 0 Å². The topological polar surface area (TPSA) is 80.5 Å². The Morgan fingerprint density at radius 3 is 3.08 bits per heavy atom. The summed E-state index contributed by atoms with van der Waals surface area (Å²) in [6.07, 6.45) is 1.52. The Labute approximate surface area is 75.5 Å². The zero-order chi connectivity index (χ0) is 8.39. The average molecular weight is 230 g/mol. The first kappa shape index (κ1) is 7.41. The number of hydrogen-bond donors (Lipinski definition) is 1. The Balaban J connectivity index is 2.35. The first-order valence-corrected chi connectivity index (χ1v) is 4.27. The fraction of sp³-hybridized carbons (Fsp3) is 0.200. The van der Waals surface area contributed by atoms with Gasteiger partial charge < -0.3 is 4.52 Å². The molecule has 0 aromatic carbocycles. The van der Waals surface area contributed by atoms with E-state index in [1.807, 2.05) is 0 Å². The molecule has 62 valence electrons. The number of rotatable bonds is 2. The monoisotopic (exact) mass is 229 g/mol. The van der Waals surface area contributed by atoms with E-state index in [4.69, 9.17) is 4.52 Å². The predicted molar refractivity (Wildman–Crippen MR) is 42.3 cm³/mol. The number of aromatic nitrogens is 5. The van der Waals surface area contributed by atoms with Crippen molar-refractivity contribution < 1.29 is 4.52 Å². The number of hydrogen-bond acceptors (Lipinski definition) is 5. The molecule has 1 N–H and O–H groups in total. The number of nitrogens with one attached hydrogen (secondary N) is 1. The maximum absolute atomic E-state index is 4.89. The Bertz CT molecular complexity index is 356. The van der Waals surface area contributed by atoms with E-state index in [1.165, 1.54) is 6.20 Å². The van der Waals surface area contributed by atoms with Crippen LogP contribution in [-0.4, -0.2) is 25.6 Å². The largest absolute Gasteiger partial charge is 0.332 e. The summed E-state index contributed by atoms with van der Waals surface area (Å²) in [4.78, 5) is 4.02. The molecule has 12 heavy (non-hydrogen) atoms. The molecule has 2 aromatic rings. The molecule has 0 bridgehead atoms. The van der Waals surface area contributed by atoms with Crippen LogP contribution in [0, 0.1) is 0 Å². The van der Waals surface area contributed by atoms with Gasteiger partial charge in [0.2, 0.25) is 0 Å². The van der Waals surface area contributed by atoms with Gasteiger partial charge in [0.25, 0.3) is 5.89 Å². The van der Waals surface area contributed by atoms with E-state index in [1.54, 1.807) is 0 Å². The lowest BCUT2D eigenvalue weighted by atomic mass is 10.5. The van der Waals surface area contributed by atoms with Crippen LogP contribution in [0.15, 0.2) is 10.7 Å². The molecule has 0 unspecified atom stereocenters. The van der Waals surface area contributed by atoms with E-state index in [9.17, 15) is 0 Å². The highest BCUT2D eigenvalue weighted by molar-refractivity contribution is 9.08. The third-order valence-corrected chi connectivity index (χ3v) is 1.72. The summed E-state index contributed by atoms with van der Waals surface area (Å²) in [6, 6.07) is 0. The van der Waals surface area contributed by atoms with Crippen LogP contribution in [0.2, 0.25) is 0 Å². The van der Waals surface area contributed by atoms with Crippen LogP contribution in [0.1, 0.15) is 5.82 Å². The van der Waals surface area contributed by atoms with Crippen LogP contribution in [0.5, 0.6) is 0 Å². The van der Waals surface area contributed by atoms with Crippen molar-refractivity contribution >= 4 is 15.9 Å². The maximum Gasteiger partial charge on any atom is 0.280 e. The number of aromatic amines is 1. The summed E-state index contributed by atoms with van der Waals surface area (Å²) in [5.74, 6) is 0.964. The lowest BCUT2D eigenvalue weighted by Crippen LogP contribution is -1.80.